The fourth-order valence-electron chi connectivity index (χ4n) is 2.25. The predicted octanol–water partition coefficient (Wildman–Crippen LogP) is 2.78. The van der Waals surface area contributed by atoms with E-state index in [1.165, 1.54) is 0 Å². The van der Waals surface area contributed by atoms with Crippen molar-refractivity contribution in [2.75, 3.05) is 12.3 Å². The van der Waals surface area contributed by atoms with Gasteiger partial charge in [0.2, 0.25) is 5.91 Å². The van der Waals surface area contributed by atoms with Crippen LogP contribution in [0.3, 0.4) is 0 Å². The highest BCUT2D eigenvalue weighted by molar-refractivity contribution is 5.81. The summed E-state index contributed by atoms with van der Waals surface area (Å²) < 4.78 is 0. The van der Waals surface area contributed by atoms with Gasteiger partial charge in [-0.3, -0.25) is 9.69 Å². The topological polar surface area (TPSA) is 58.4 Å². The van der Waals surface area contributed by atoms with Crippen LogP contribution in [0.1, 0.15) is 46.1 Å². The van der Waals surface area contributed by atoms with E-state index in [9.17, 15) is 4.79 Å². The molecule has 0 saturated heterocycles. The molecule has 2 unspecified atom stereocenters. The van der Waals surface area contributed by atoms with Crippen molar-refractivity contribution < 1.29 is 4.79 Å². The number of nitrogens with two attached hydrogens (primary N) is 1. The summed E-state index contributed by atoms with van der Waals surface area (Å²) in [6.45, 7) is 9.85. The highest BCUT2D eigenvalue weighted by Crippen LogP contribution is 2.12. The lowest BCUT2D eigenvalue weighted by atomic mass is 10.1. The summed E-state index contributed by atoms with van der Waals surface area (Å²) in [6.07, 6.45) is 1.96. The largest absolute Gasteiger partial charge is 0.399 e. The van der Waals surface area contributed by atoms with Crippen molar-refractivity contribution in [1.29, 1.82) is 0 Å². The number of anilines is 1. The van der Waals surface area contributed by atoms with Crippen LogP contribution in [0.5, 0.6) is 0 Å². The number of hydrogen-bond donors (Lipinski definition) is 2. The van der Waals surface area contributed by atoms with E-state index in [1.807, 2.05) is 32.0 Å². The van der Waals surface area contributed by atoms with Crippen molar-refractivity contribution in [1.82, 2.24) is 10.2 Å². The molecule has 0 aromatic heterocycles. The molecule has 3 N–H and O–H groups in total. The van der Waals surface area contributed by atoms with Crippen LogP contribution < -0.4 is 11.1 Å². The van der Waals surface area contributed by atoms with Gasteiger partial charge in [-0.15, -0.1) is 0 Å². The Morgan fingerprint density at radius 3 is 2.62 bits per heavy atom. The predicted molar refractivity (Wildman–Crippen MR) is 88.9 cm³/mol. The summed E-state index contributed by atoms with van der Waals surface area (Å²) in [5.74, 6) is 0.0988. The van der Waals surface area contributed by atoms with Gasteiger partial charge in [0, 0.05) is 18.3 Å². The van der Waals surface area contributed by atoms with Crippen molar-refractivity contribution in [3.8, 4) is 0 Å². The maximum absolute atomic E-state index is 12.3. The summed E-state index contributed by atoms with van der Waals surface area (Å²) in [7, 11) is 0. The Morgan fingerprint density at radius 1 is 1.33 bits per heavy atom. The number of rotatable bonds is 8. The Balaban J connectivity index is 2.73. The number of amides is 1. The summed E-state index contributed by atoms with van der Waals surface area (Å²) in [6, 6.07) is 7.95. The third-order valence-corrected chi connectivity index (χ3v) is 3.78. The van der Waals surface area contributed by atoms with E-state index in [0.29, 0.717) is 0 Å². The van der Waals surface area contributed by atoms with Gasteiger partial charge in [0.25, 0.3) is 0 Å². The maximum atomic E-state index is 12.3. The molecular formula is C17H29N3O. The number of nitrogen functional groups attached to an aromatic ring is 1. The summed E-state index contributed by atoms with van der Waals surface area (Å²) in [4.78, 5) is 14.5. The quantitative estimate of drug-likeness (QED) is 0.724. The molecule has 0 aliphatic carbocycles. The van der Waals surface area contributed by atoms with E-state index in [2.05, 4.69) is 30.1 Å². The third kappa shape index (κ3) is 5.76. The molecule has 0 radical (unpaired) electrons. The fourth-order valence-corrected chi connectivity index (χ4v) is 2.25. The van der Waals surface area contributed by atoms with Gasteiger partial charge >= 0.3 is 0 Å². The Hall–Kier alpha value is -1.55. The zero-order valence-corrected chi connectivity index (χ0v) is 13.7. The number of carbonyl (C=O) groups is 1. The first-order valence-corrected chi connectivity index (χ1v) is 7.86. The molecule has 0 fully saturated rings. The Labute approximate surface area is 128 Å². The van der Waals surface area contributed by atoms with E-state index in [-0.39, 0.29) is 18.0 Å². The van der Waals surface area contributed by atoms with Crippen molar-refractivity contribution in [3.05, 3.63) is 29.8 Å². The van der Waals surface area contributed by atoms with Crippen LogP contribution in [0, 0.1) is 0 Å². The minimum absolute atomic E-state index is 0.0988. The van der Waals surface area contributed by atoms with Gasteiger partial charge in [-0.25, -0.2) is 0 Å². The van der Waals surface area contributed by atoms with Gasteiger partial charge < -0.3 is 11.1 Å². The zero-order chi connectivity index (χ0) is 15.8. The number of nitrogens with zero attached hydrogens (tertiary/aromatic N) is 1. The average Bonchev–Trinajstić information content (AvgIpc) is 2.45. The molecular weight excluding hydrogens is 262 g/mol. The molecule has 21 heavy (non-hydrogen) atoms. The van der Waals surface area contributed by atoms with Crippen LogP contribution in [0.25, 0.3) is 0 Å². The molecule has 1 rings (SSSR count). The molecule has 0 saturated carbocycles. The minimum Gasteiger partial charge on any atom is -0.399 e. The van der Waals surface area contributed by atoms with Gasteiger partial charge in [0.15, 0.2) is 0 Å². The van der Waals surface area contributed by atoms with E-state index in [4.69, 9.17) is 5.73 Å². The fraction of sp³-hybridized carbons (Fsp3) is 0.588. The van der Waals surface area contributed by atoms with Crippen LogP contribution in [-0.4, -0.2) is 29.4 Å². The second kappa shape index (κ2) is 8.67. The van der Waals surface area contributed by atoms with Crippen molar-refractivity contribution >= 4 is 11.6 Å². The summed E-state index contributed by atoms with van der Waals surface area (Å²) in [5, 5.41) is 3.06. The number of carbonyl (C=O) groups excluding carboxylic acids is 1. The highest BCUT2D eigenvalue weighted by atomic mass is 16.2. The highest BCUT2D eigenvalue weighted by Gasteiger charge is 2.21. The second-order valence-corrected chi connectivity index (χ2v) is 5.71. The molecule has 0 bridgehead atoms. The first-order valence-electron chi connectivity index (χ1n) is 7.86. The molecule has 0 aliphatic rings. The first-order chi connectivity index (χ1) is 9.97. The van der Waals surface area contributed by atoms with Gasteiger partial charge in [0.1, 0.15) is 0 Å². The molecule has 4 nitrogen and oxygen atoms in total. The normalized spacial score (nSPS) is 14.0. The average molecular weight is 291 g/mol. The van der Waals surface area contributed by atoms with Crippen LogP contribution in [0.2, 0.25) is 0 Å². The van der Waals surface area contributed by atoms with Gasteiger partial charge in [-0.05, 0) is 50.9 Å². The van der Waals surface area contributed by atoms with Crippen molar-refractivity contribution in [2.45, 2.75) is 59.2 Å². The Morgan fingerprint density at radius 2 is 2.05 bits per heavy atom. The molecule has 1 aromatic carbocycles. The second-order valence-electron chi connectivity index (χ2n) is 5.71. The molecule has 0 spiro atoms. The molecule has 0 heterocycles. The number of benzene rings is 1. The van der Waals surface area contributed by atoms with E-state index >= 15 is 0 Å². The van der Waals surface area contributed by atoms with Crippen LogP contribution in [-0.2, 0) is 11.3 Å². The molecule has 0 aliphatic heterocycles. The monoisotopic (exact) mass is 291 g/mol. The summed E-state index contributed by atoms with van der Waals surface area (Å²) in [5.41, 5.74) is 7.74. The van der Waals surface area contributed by atoms with E-state index < -0.39 is 0 Å². The molecule has 118 valence electrons. The lowest BCUT2D eigenvalue weighted by Crippen LogP contribution is -2.47. The first kappa shape index (κ1) is 17.5. The van der Waals surface area contributed by atoms with Gasteiger partial charge in [-0.1, -0.05) is 26.0 Å². The minimum atomic E-state index is -0.139. The molecule has 1 amide bonds. The zero-order valence-electron chi connectivity index (χ0n) is 13.7. The lowest BCUT2D eigenvalue weighted by Gasteiger charge is -2.29. The standard InChI is InChI=1S/C17H29N3O/c1-5-10-20(12-15-8-7-9-16(18)11-15)14(4)17(21)19-13(3)6-2/h7-9,11,13-14H,5-6,10,12,18H2,1-4H3,(H,19,21). The Bertz CT molecular complexity index is 447. The van der Waals surface area contributed by atoms with Crippen LogP contribution in [0.15, 0.2) is 24.3 Å². The smallest absolute Gasteiger partial charge is 0.237 e. The molecule has 4 heteroatoms. The van der Waals surface area contributed by atoms with E-state index in [0.717, 1.165) is 37.2 Å². The van der Waals surface area contributed by atoms with Gasteiger partial charge in [-0.2, -0.15) is 0 Å². The van der Waals surface area contributed by atoms with Crippen LogP contribution in [0.4, 0.5) is 5.69 Å². The molecule has 2 atom stereocenters. The van der Waals surface area contributed by atoms with Crippen LogP contribution >= 0.6 is 0 Å². The Kier molecular flexibility index (Phi) is 7.23. The maximum Gasteiger partial charge on any atom is 0.237 e. The van der Waals surface area contributed by atoms with Crippen molar-refractivity contribution in [3.63, 3.8) is 0 Å². The van der Waals surface area contributed by atoms with E-state index in [1.54, 1.807) is 0 Å². The number of nitrogens with one attached hydrogen (secondary N) is 1. The molecule has 1 aromatic rings. The number of hydrogen-bond acceptors (Lipinski definition) is 3. The SMILES string of the molecule is CCCN(Cc1cccc(N)c1)C(C)C(=O)NC(C)CC. The lowest BCUT2D eigenvalue weighted by molar-refractivity contribution is -0.126. The third-order valence-electron chi connectivity index (χ3n) is 3.78. The summed E-state index contributed by atoms with van der Waals surface area (Å²) >= 11 is 0. The van der Waals surface area contributed by atoms with Gasteiger partial charge in [0.05, 0.1) is 6.04 Å². The van der Waals surface area contributed by atoms with Crippen molar-refractivity contribution in [2.24, 2.45) is 0 Å².